The Labute approximate surface area is 163 Å². The van der Waals surface area contributed by atoms with Gasteiger partial charge in [-0.15, -0.1) is 5.10 Å². The minimum absolute atomic E-state index is 0.0770. The van der Waals surface area contributed by atoms with Crippen molar-refractivity contribution >= 4 is 5.91 Å². The Morgan fingerprint density at radius 2 is 2.00 bits per heavy atom. The number of amides is 1. The molecule has 0 N–H and O–H groups in total. The summed E-state index contributed by atoms with van der Waals surface area (Å²) in [7, 11) is 3.30. The summed E-state index contributed by atoms with van der Waals surface area (Å²) in [5.74, 6) is 1.43. The second-order valence-corrected chi connectivity index (χ2v) is 6.99. The quantitative estimate of drug-likeness (QED) is 0.726. The summed E-state index contributed by atoms with van der Waals surface area (Å²) in [5, 5.41) is 8.25. The number of benzene rings is 1. The number of ether oxygens (including phenoxy) is 3. The van der Waals surface area contributed by atoms with Crippen LogP contribution in [0.1, 0.15) is 22.1 Å². The van der Waals surface area contributed by atoms with Crippen LogP contribution < -0.4 is 9.47 Å². The van der Waals surface area contributed by atoms with Gasteiger partial charge in [0.1, 0.15) is 0 Å². The van der Waals surface area contributed by atoms with Gasteiger partial charge in [0.15, 0.2) is 17.2 Å². The average Bonchev–Trinajstić information content (AvgIpc) is 3.19. The molecule has 150 valence electrons. The van der Waals surface area contributed by atoms with Gasteiger partial charge in [-0.2, -0.15) is 0 Å². The number of hydrogen-bond acceptors (Lipinski definition) is 7. The molecule has 0 aliphatic carbocycles. The van der Waals surface area contributed by atoms with E-state index in [1.165, 1.54) is 0 Å². The van der Waals surface area contributed by atoms with E-state index in [0.717, 1.165) is 36.7 Å². The Balaban J connectivity index is 1.35. The predicted molar refractivity (Wildman–Crippen MR) is 101 cm³/mol. The molecule has 4 rings (SSSR count). The number of methoxy groups -OCH3 is 2. The van der Waals surface area contributed by atoms with Crippen molar-refractivity contribution in [2.45, 2.75) is 12.6 Å². The van der Waals surface area contributed by atoms with Crippen LogP contribution >= 0.6 is 0 Å². The molecule has 2 aliphatic rings. The van der Waals surface area contributed by atoms with Gasteiger partial charge in [0.05, 0.1) is 39.7 Å². The molecule has 1 aromatic heterocycles. The van der Waals surface area contributed by atoms with E-state index in [0.29, 0.717) is 32.0 Å². The van der Waals surface area contributed by atoms with Crippen LogP contribution in [-0.4, -0.2) is 84.3 Å². The van der Waals surface area contributed by atoms with Crippen LogP contribution in [0.2, 0.25) is 0 Å². The Morgan fingerprint density at radius 1 is 1.21 bits per heavy atom. The zero-order valence-electron chi connectivity index (χ0n) is 16.2. The van der Waals surface area contributed by atoms with E-state index in [1.807, 2.05) is 18.2 Å². The third-order valence-electron chi connectivity index (χ3n) is 5.22. The zero-order chi connectivity index (χ0) is 19.5. The van der Waals surface area contributed by atoms with Crippen molar-refractivity contribution in [1.29, 1.82) is 0 Å². The topological polar surface area (TPSA) is 82.0 Å². The first-order valence-corrected chi connectivity index (χ1v) is 9.40. The maximum absolute atomic E-state index is 12.5. The van der Waals surface area contributed by atoms with Gasteiger partial charge in [0.2, 0.25) is 0 Å². The highest BCUT2D eigenvalue weighted by molar-refractivity contribution is 5.92. The van der Waals surface area contributed by atoms with Crippen molar-refractivity contribution in [1.82, 2.24) is 24.8 Å². The highest BCUT2D eigenvalue weighted by Gasteiger charge is 2.31. The van der Waals surface area contributed by atoms with Crippen LogP contribution in [0.4, 0.5) is 0 Å². The monoisotopic (exact) mass is 387 g/mol. The lowest BCUT2D eigenvalue weighted by atomic mass is 10.1. The number of nitrogens with zero attached hydrogens (tertiary/aromatic N) is 5. The molecular weight excluding hydrogens is 362 g/mol. The number of morpholine rings is 1. The molecule has 3 heterocycles. The summed E-state index contributed by atoms with van der Waals surface area (Å²) in [5.41, 5.74) is 1.48. The summed E-state index contributed by atoms with van der Waals surface area (Å²) in [4.78, 5) is 16.6. The first-order valence-electron chi connectivity index (χ1n) is 9.40. The summed E-state index contributed by atoms with van der Waals surface area (Å²) in [6.45, 7) is 4.81. The third kappa shape index (κ3) is 3.67. The standard InChI is InChI=1S/C19H25N5O4/c1-26-17-5-3-4-14(18(17)27-2)10-22-11-15(12-22)24-13-16(20-21-24)19(25)23-6-8-28-9-7-23/h3-5,13,15H,6-12H2,1-2H3. The van der Waals surface area contributed by atoms with Crippen molar-refractivity contribution in [2.24, 2.45) is 0 Å². The maximum Gasteiger partial charge on any atom is 0.276 e. The molecule has 0 spiro atoms. The van der Waals surface area contributed by atoms with Crippen LogP contribution in [0.5, 0.6) is 11.5 Å². The lowest BCUT2D eigenvalue weighted by molar-refractivity contribution is 0.0299. The Hall–Kier alpha value is -2.65. The van der Waals surface area contributed by atoms with E-state index in [4.69, 9.17) is 14.2 Å². The van der Waals surface area contributed by atoms with Crippen LogP contribution in [0.3, 0.4) is 0 Å². The molecule has 0 atom stereocenters. The average molecular weight is 387 g/mol. The summed E-state index contributed by atoms with van der Waals surface area (Å²) < 4.78 is 18.0. The van der Waals surface area contributed by atoms with Crippen LogP contribution in [-0.2, 0) is 11.3 Å². The molecule has 1 aromatic carbocycles. The molecule has 0 unspecified atom stereocenters. The molecule has 9 heteroatoms. The molecule has 0 bridgehead atoms. The van der Waals surface area contributed by atoms with Gasteiger partial charge in [-0.05, 0) is 6.07 Å². The fraction of sp³-hybridized carbons (Fsp3) is 0.526. The van der Waals surface area contributed by atoms with Crippen molar-refractivity contribution in [3.63, 3.8) is 0 Å². The molecule has 2 fully saturated rings. The van der Waals surface area contributed by atoms with Gasteiger partial charge in [-0.1, -0.05) is 17.3 Å². The van der Waals surface area contributed by atoms with Gasteiger partial charge in [0.25, 0.3) is 5.91 Å². The number of para-hydroxylation sites is 1. The highest BCUT2D eigenvalue weighted by Crippen LogP contribution is 2.33. The molecule has 9 nitrogen and oxygen atoms in total. The molecule has 28 heavy (non-hydrogen) atoms. The Morgan fingerprint density at radius 3 is 2.71 bits per heavy atom. The number of likely N-dealkylation sites (tertiary alicyclic amines) is 1. The molecule has 2 aliphatic heterocycles. The predicted octanol–water partition coefficient (Wildman–Crippen LogP) is 0.825. The number of rotatable bonds is 6. The fourth-order valence-electron chi connectivity index (χ4n) is 3.64. The smallest absolute Gasteiger partial charge is 0.276 e. The largest absolute Gasteiger partial charge is 0.493 e. The Kier molecular flexibility index (Phi) is 5.45. The van der Waals surface area contributed by atoms with Crippen molar-refractivity contribution in [3.8, 4) is 11.5 Å². The van der Waals surface area contributed by atoms with Crippen LogP contribution in [0.25, 0.3) is 0 Å². The summed E-state index contributed by atoms with van der Waals surface area (Å²) in [6, 6.07) is 6.12. The van der Waals surface area contributed by atoms with Crippen molar-refractivity contribution in [3.05, 3.63) is 35.7 Å². The van der Waals surface area contributed by atoms with E-state index in [2.05, 4.69) is 15.2 Å². The van der Waals surface area contributed by atoms with Gasteiger partial charge >= 0.3 is 0 Å². The van der Waals surface area contributed by atoms with Crippen LogP contribution in [0, 0.1) is 0 Å². The van der Waals surface area contributed by atoms with Crippen molar-refractivity contribution < 1.29 is 19.0 Å². The van der Waals surface area contributed by atoms with E-state index < -0.39 is 0 Å². The number of hydrogen-bond donors (Lipinski definition) is 0. The molecule has 2 saturated heterocycles. The lowest BCUT2D eigenvalue weighted by Crippen LogP contribution is -2.47. The minimum atomic E-state index is -0.0770. The van der Waals surface area contributed by atoms with Gasteiger partial charge < -0.3 is 19.1 Å². The zero-order valence-corrected chi connectivity index (χ0v) is 16.2. The minimum Gasteiger partial charge on any atom is -0.493 e. The summed E-state index contributed by atoms with van der Waals surface area (Å²) in [6.07, 6.45) is 1.76. The van der Waals surface area contributed by atoms with Crippen molar-refractivity contribution in [2.75, 3.05) is 53.6 Å². The normalized spacial score (nSPS) is 18.0. The van der Waals surface area contributed by atoms with Gasteiger partial charge in [-0.25, -0.2) is 4.68 Å². The van der Waals surface area contributed by atoms with E-state index in [1.54, 1.807) is 30.0 Å². The highest BCUT2D eigenvalue weighted by atomic mass is 16.5. The lowest BCUT2D eigenvalue weighted by Gasteiger charge is -2.39. The Bertz CT molecular complexity index is 827. The second-order valence-electron chi connectivity index (χ2n) is 6.99. The van der Waals surface area contributed by atoms with Gasteiger partial charge in [-0.3, -0.25) is 9.69 Å². The molecular formula is C19H25N5O4. The van der Waals surface area contributed by atoms with E-state index in [9.17, 15) is 4.79 Å². The SMILES string of the molecule is COc1cccc(CN2CC(n3cc(C(=O)N4CCOCC4)nn3)C2)c1OC. The van der Waals surface area contributed by atoms with E-state index >= 15 is 0 Å². The maximum atomic E-state index is 12.5. The summed E-state index contributed by atoms with van der Waals surface area (Å²) >= 11 is 0. The molecule has 0 radical (unpaired) electrons. The first-order chi connectivity index (χ1) is 13.7. The molecule has 0 saturated carbocycles. The number of aromatic nitrogens is 3. The third-order valence-corrected chi connectivity index (χ3v) is 5.22. The van der Waals surface area contributed by atoms with Gasteiger partial charge in [0, 0.05) is 38.3 Å². The second kappa shape index (κ2) is 8.15. The van der Waals surface area contributed by atoms with E-state index in [-0.39, 0.29) is 11.9 Å². The fourth-order valence-corrected chi connectivity index (χ4v) is 3.64. The first kappa shape index (κ1) is 18.7. The molecule has 2 aromatic rings. The number of carbonyl (C=O) groups excluding carboxylic acids is 1. The number of carbonyl (C=O) groups is 1. The molecule has 1 amide bonds. The van der Waals surface area contributed by atoms with Crippen LogP contribution in [0.15, 0.2) is 24.4 Å².